The second-order valence-electron chi connectivity index (χ2n) is 4.85. The van der Waals surface area contributed by atoms with Gasteiger partial charge in [0, 0.05) is 24.8 Å². The molecule has 1 saturated heterocycles. The Hall–Kier alpha value is -2.24. The number of ether oxygens (including phenoxy) is 2. The van der Waals surface area contributed by atoms with Crippen LogP contribution in [0.4, 0.5) is 5.69 Å². The molecule has 1 amide bonds. The lowest BCUT2D eigenvalue weighted by atomic mass is 10.2. The van der Waals surface area contributed by atoms with Gasteiger partial charge in [-0.2, -0.15) is 0 Å². The first-order valence-corrected chi connectivity index (χ1v) is 7.09. The Morgan fingerprint density at radius 1 is 1.29 bits per heavy atom. The molecule has 21 heavy (non-hydrogen) atoms. The molecule has 1 aliphatic rings. The fourth-order valence-electron chi connectivity index (χ4n) is 2.23. The lowest BCUT2D eigenvalue weighted by Crippen LogP contribution is -2.32. The molecule has 6 heteroatoms. The second-order valence-corrected chi connectivity index (χ2v) is 4.85. The SMILES string of the molecule is CCOC(=O)c1ccc(N)cc1OCC(=O)N1CCCC1. The second kappa shape index (κ2) is 6.97. The molecule has 0 bridgehead atoms. The first-order chi connectivity index (χ1) is 10.1. The van der Waals surface area contributed by atoms with E-state index in [-0.39, 0.29) is 30.4 Å². The maximum Gasteiger partial charge on any atom is 0.341 e. The number of nitrogen functional groups attached to an aromatic ring is 1. The van der Waals surface area contributed by atoms with Crippen LogP contribution in [-0.4, -0.2) is 43.1 Å². The van der Waals surface area contributed by atoms with Crippen molar-refractivity contribution < 1.29 is 19.1 Å². The van der Waals surface area contributed by atoms with Gasteiger partial charge >= 0.3 is 5.97 Å². The third-order valence-electron chi connectivity index (χ3n) is 3.31. The fourth-order valence-corrected chi connectivity index (χ4v) is 2.23. The van der Waals surface area contributed by atoms with Crippen LogP contribution in [0, 0.1) is 0 Å². The molecule has 0 aromatic heterocycles. The number of hydrogen-bond donors (Lipinski definition) is 1. The van der Waals surface area contributed by atoms with E-state index in [4.69, 9.17) is 15.2 Å². The van der Waals surface area contributed by atoms with Gasteiger partial charge in [-0.3, -0.25) is 4.79 Å². The highest BCUT2D eigenvalue weighted by Gasteiger charge is 2.20. The van der Waals surface area contributed by atoms with Crippen LogP contribution >= 0.6 is 0 Å². The van der Waals surface area contributed by atoms with Gasteiger partial charge < -0.3 is 20.1 Å². The summed E-state index contributed by atoms with van der Waals surface area (Å²) in [5.74, 6) is -0.285. The van der Waals surface area contributed by atoms with Crippen molar-refractivity contribution in [1.82, 2.24) is 4.90 Å². The lowest BCUT2D eigenvalue weighted by Gasteiger charge is -2.16. The van der Waals surface area contributed by atoms with Crippen LogP contribution in [0.5, 0.6) is 5.75 Å². The number of nitrogens with two attached hydrogens (primary N) is 1. The molecule has 1 heterocycles. The number of nitrogens with zero attached hydrogens (tertiary/aromatic N) is 1. The zero-order chi connectivity index (χ0) is 15.2. The van der Waals surface area contributed by atoms with Gasteiger partial charge in [0.1, 0.15) is 11.3 Å². The van der Waals surface area contributed by atoms with Crippen molar-refractivity contribution in [2.24, 2.45) is 0 Å². The monoisotopic (exact) mass is 292 g/mol. The minimum absolute atomic E-state index is 0.0790. The van der Waals surface area contributed by atoms with E-state index in [1.807, 2.05) is 0 Å². The molecular formula is C15H20N2O4. The Kier molecular flexibility index (Phi) is 5.03. The Balaban J connectivity index is 2.05. The maximum absolute atomic E-state index is 12.0. The number of carbonyl (C=O) groups excluding carboxylic acids is 2. The predicted octanol–water partition coefficient (Wildman–Crippen LogP) is 1.45. The molecule has 0 unspecified atom stereocenters. The van der Waals surface area contributed by atoms with Crippen LogP contribution in [0.1, 0.15) is 30.1 Å². The molecule has 6 nitrogen and oxygen atoms in total. The molecule has 0 aliphatic carbocycles. The highest BCUT2D eigenvalue weighted by atomic mass is 16.5. The van der Waals surface area contributed by atoms with Gasteiger partial charge in [0.15, 0.2) is 6.61 Å². The standard InChI is InChI=1S/C15H20N2O4/c1-2-20-15(19)12-6-5-11(16)9-13(12)21-10-14(18)17-7-3-4-8-17/h5-6,9H,2-4,7-8,10,16H2,1H3. The van der Waals surface area contributed by atoms with Gasteiger partial charge in [-0.05, 0) is 31.9 Å². The Bertz CT molecular complexity index is 524. The summed E-state index contributed by atoms with van der Waals surface area (Å²) in [6.45, 7) is 3.44. The van der Waals surface area contributed by atoms with Crippen molar-refractivity contribution in [2.45, 2.75) is 19.8 Å². The smallest absolute Gasteiger partial charge is 0.341 e. The minimum Gasteiger partial charge on any atom is -0.483 e. The molecule has 0 radical (unpaired) electrons. The summed E-state index contributed by atoms with van der Waals surface area (Å²) in [6.07, 6.45) is 2.05. The molecule has 1 aliphatic heterocycles. The molecule has 0 spiro atoms. The van der Waals surface area contributed by atoms with E-state index in [1.54, 1.807) is 24.0 Å². The summed E-state index contributed by atoms with van der Waals surface area (Å²) in [7, 11) is 0. The highest BCUT2D eigenvalue weighted by molar-refractivity contribution is 5.93. The van der Waals surface area contributed by atoms with E-state index in [0.29, 0.717) is 5.69 Å². The number of benzene rings is 1. The van der Waals surface area contributed by atoms with Crippen molar-refractivity contribution in [3.05, 3.63) is 23.8 Å². The van der Waals surface area contributed by atoms with Crippen molar-refractivity contribution in [2.75, 3.05) is 32.0 Å². The molecule has 0 atom stereocenters. The Morgan fingerprint density at radius 3 is 2.67 bits per heavy atom. The van der Waals surface area contributed by atoms with Gasteiger partial charge in [0.2, 0.25) is 0 Å². The first-order valence-electron chi connectivity index (χ1n) is 7.09. The summed E-state index contributed by atoms with van der Waals surface area (Å²) in [4.78, 5) is 25.6. The van der Waals surface area contributed by atoms with E-state index < -0.39 is 5.97 Å². The Morgan fingerprint density at radius 2 is 2.00 bits per heavy atom. The van der Waals surface area contributed by atoms with Crippen molar-refractivity contribution in [3.63, 3.8) is 0 Å². The van der Waals surface area contributed by atoms with Crippen LogP contribution in [0.15, 0.2) is 18.2 Å². The number of carbonyl (C=O) groups is 2. The predicted molar refractivity (Wildman–Crippen MR) is 78.1 cm³/mol. The zero-order valence-electron chi connectivity index (χ0n) is 12.1. The molecule has 2 rings (SSSR count). The quantitative estimate of drug-likeness (QED) is 0.656. The number of likely N-dealkylation sites (tertiary alicyclic amines) is 1. The Labute approximate surface area is 123 Å². The number of rotatable bonds is 5. The average Bonchev–Trinajstić information content (AvgIpc) is 2.99. The maximum atomic E-state index is 12.0. The average molecular weight is 292 g/mol. The summed E-state index contributed by atoms with van der Waals surface area (Å²) in [5, 5.41) is 0. The van der Waals surface area contributed by atoms with Crippen LogP contribution in [0.3, 0.4) is 0 Å². The summed E-state index contributed by atoms with van der Waals surface area (Å²) < 4.78 is 10.4. The van der Waals surface area contributed by atoms with Crippen LogP contribution in [0.2, 0.25) is 0 Å². The number of esters is 1. The summed E-state index contributed by atoms with van der Waals surface area (Å²) in [5.41, 5.74) is 6.45. The normalized spacial score (nSPS) is 14.0. The molecule has 0 saturated carbocycles. The number of anilines is 1. The van der Waals surface area contributed by atoms with E-state index >= 15 is 0 Å². The van der Waals surface area contributed by atoms with Crippen molar-refractivity contribution in [1.29, 1.82) is 0 Å². The molecular weight excluding hydrogens is 272 g/mol. The minimum atomic E-state index is -0.485. The van der Waals surface area contributed by atoms with Crippen LogP contribution < -0.4 is 10.5 Å². The van der Waals surface area contributed by atoms with Crippen molar-refractivity contribution in [3.8, 4) is 5.75 Å². The van der Waals surface area contributed by atoms with Gasteiger partial charge in [-0.15, -0.1) is 0 Å². The van der Waals surface area contributed by atoms with Gasteiger partial charge in [-0.1, -0.05) is 0 Å². The largest absolute Gasteiger partial charge is 0.483 e. The summed E-state index contributed by atoms with van der Waals surface area (Å²) in [6, 6.07) is 4.67. The lowest BCUT2D eigenvalue weighted by molar-refractivity contribution is -0.132. The fraction of sp³-hybridized carbons (Fsp3) is 0.467. The van der Waals surface area contributed by atoms with E-state index in [9.17, 15) is 9.59 Å². The molecule has 1 aromatic rings. The van der Waals surface area contributed by atoms with E-state index in [1.165, 1.54) is 6.07 Å². The van der Waals surface area contributed by atoms with Crippen LogP contribution in [0.25, 0.3) is 0 Å². The van der Waals surface area contributed by atoms with Gasteiger partial charge in [0.05, 0.1) is 6.61 Å². The molecule has 1 aromatic carbocycles. The number of hydrogen-bond acceptors (Lipinski definition) is 5. The first kappa shape index (κ1) is 15.2. The van der Waals surface area contributed by atoms with Gasteiger partial charge in [0.25, 0.3) is 5.91 Å². The van der Waals surface area contributed by atoms with Crippen molar-refractivity contribution >= 4 is 17.6 Å². The van der Waals surface area contributed by atoms with E-state index in [2.05, 4.69) is 0 Å². The topological polar surface area (TPSA) is 81.9 Å². The van der Waals surface area contributed by atoms with Gasteiger partial charge in [-0.25, -0.2) is 4.79 Å². The third kappa shape index (κ3) is 3.87. The third-order valence-corrected chi connectivity index (χ3v) is 3.31. The molecule has 2 N–H and O–H groups in total. The molecule has 114 valence electrons. The summed E-state index contributed by atoms with van der Waals surface area (Å²) >= 11 is 0. The van der Waals surface area contributed by atoms with E-state index in [0.717, 1.165) is 25.9 Å². The van der Waals surface area contributed by atoms with Crippen LogP contribution in [-0.2, 0) is 9.53 Å². The molecule has 1 fully saturated rings. The zero-order valence-corrected chi connectivity index (χ0v) is 12.1. The highest BCUT2D eigenvalue weighted by Crippen LogP contribution is 2.23. The number of amides is 1.